The van der Waals surface area contributed by atoms with Crippen LogP contribution in [0, 0.1) is 0 Å². The summed E-state index contributed by atoms with van der Waals surface area (Å²) in [6, 6.07) is 5.51. The molecule has 0 aromatic carbocycles. The number of aromatic carboxylic acids is 1. The van der Waals surface area contributed by atoms with Gasteiger partial charge in [-0.05, 0) is 23.9 Å². The van der Waals surface area contributed by atoms with E-state index < -0.39 is 5.97 Å². The maximum absolute atomic E-state index is 11.3. The van der Waals surface area contributed by atoms with Crippen molar-refractivity contribution in [3.63, 3.8) is 0 Å². The number of hydrogen-bond acceptors (Lipinski definition) is 5. The van der Waals surface area contributed by atoms with E-state index in [4.69, 9.17) is 5.73 Å². The molecule has 1 unspecified atom stereocenters. The number of anilines is 2. The van der Waals surface area contributed by atoms with E-state index in [0.29, 0.717) is 11.5 Å². The zero-order valence-electron chi connectivity index (χ0n) is 11.2. The monoisotopic (exact) mass is 291 g/mol. The number of nitrogen functional groups attached to an aromatic ring is 1. The van der Waals surface area contributed by atoms with Gasteiger partial charge in [0.2, 0.25) is 0 Å². The highest BCUT2D eigenvalue weighted by atomic mass is 32.1. The highest BCUT2D eigenvalue weighted by Crippen LogP contribution is 2.28. The molecule has 5 nitrogen and oxygen atoms in total. The van der Waals surface area contributed by atoms with Crippen molar-refractivity contribution < 1.29 is 9.90 Å². The summed E-state index contributed by atoms with van der Waals surface area (Å²) in [6.45, 7) is 2.09. The lowest BCUT2D eigenvalue weighted by molar-refractivity contribution is 0.0697. The predicted octanol–water partition coefficient (Wildman–Crippen LogP) is 3.38. The summed E-state index contributed by atoms with van der Waals surface area (Å²) in [5.74, 6) is -0.674. The fourth-order valence-corrected chi connectivity index (χ4v) is 2.80. The van der Waals surface area contributed by atoms with Crippen LogP contribution in [0.5, 0.6) is 0 Å². The number of carboxylic acid groups (broad SMARTS) is 1. The second kappa shape index (κ2) is 6.38. The van der Waals surface area contributed by atoms with Crippen LogP contribution in [0.4, 0.5) is 11.5 Å². The molecule has 0 spiro atoms. The number of aromatic nitrogens is 1. The first-order valence-electron chi connectivity index (χ1n) is 6.40. The number of nitrogens with zero attached hydrogens (tertiary/aromatic N) is 1. The van der Waals surface area contributed by atoms with Gasteiger partial charge in [-0.3, -0.25) is 0 Å². The number of rotatable bonds is 6. The molecule has 20 heavy (non-hydrogen) atoms. The number of carboxylic acids is 1. The van der Waals surface area contributed by atoms with Gasteiger partial charge in [0.05, 0.1) is 17.9 Å². The third-order valence-corrected chi connectivity index (χ3v) is 3.90. The summed E-state index contributed by atoms with van der Waals surface area (Å²) in [6.07, 6.45) is 3.37. The average molecular weight is 291 g/mol. The summed E-state index contributed by atoms with van der Waals surface area (Å²) in [5, 5.41) is 14.5. The Labute approximate surface area is 121 Å². The highest BCUT2D eigenvalue weighted by Gasteiger charge is 2.17. The van der Waals surface area contributed by atoms with Crippen LogP contribution in [0.2, 0.25) is 0 Å². The van der Waals surface area contributed by atoms with Gasteiger partial charge in [-0.2, -0.15) is 0 Å². The van der Waals surface area contributed by atoms with E-state index >= 15 is 0 Å². The maximum atomic E-state index is 11.3. The summed E-state index contributed by atoms with van der Waals surface area (Å²) in [5.41, 5.74) is 6.04. The van der Waals surface area contributed by atoms with Crippen molar-refractivity contribution in [3.8, 4) is 0 Å². The van der Waals surface area contributed by atoms with Crippen LogP contribution >= 0.6 is 11.3 Å². The minimum Gasteiger partial charge on any atom is -0.478 e. The molecule has 0 saturated heterocycles. The van der Waals surface area contributed by atoms with Gasteiger partial charge in [-0.1, -0.05) is 19.4 Å². The van der Waals surface area contributed by atoms with Gasteiger partial charge in [0.1, 0.15) is 11.4 Å². The molecule has 2 aromatic heterocycles. The molecular formula is C14H17N3O2S. The number of hydrogen-bond donors (Lipinski definition) is 3. The van der Waals surface area contributed by atoms with E-state index in [-0.39, 0.29) is 11.6 Å². The summed E-state index contributed by atoms with van der Waals surface area (Å²) < 4.78 is 0. The lowest BCUT2D eigenvalue weighted by atomic mass is 10.1. The molecule has 0 saturated carbocycles. The zero-order chi connectivity index (χ0) is 14.5. The van der Waals surface area contributed by atoms with Crippen LogP contribution in [0.1, 0.15) is 41.0 Å². The second-order valence-corrected chi connectivity index (χ2v) is 5.45. The van der Waals surface area contributed by atoms with Gasteiger partial charge in [0.25, 0.3) is 0 Å². The van der Waals surface area contributed by atoms with Crippen LogP contribution in [0.15, 0.2) is 29.8 Å². The normalized spacial score (nSPS) is 12.1. The molecule has 2 heterocycles. The zero-order valence-corrected chi connectivity index (χ0v) is 12.0. The van der Waals surface area contributed by atoms with Crippen molar-refractivity contribution in [1.29, 1.82) is 0 Å². The van der Waals surface area contributed by atoms with Gasteiger partial charge >= 0.3 is 5.97 Å². The third kappa shape index (κ3) is 3.27. The fourth-order valence-electron chi connectivity index (χ4n) is 1.99. The van der Waals surface area contributed by atoms with Crippen molar-refractivity contribution in [3.05, 3.63) is 40.2 Å². The molecule has 0 aliphatic carbocycles. The maximum Gasteiger partial charge on any atom is 0.339 e. The molecule has 0 bridgehead atoms. The number of thiophene rings is 1. The van der Waals surface area contributed by atoms with E-state index in [2.05, 4.69) is 17.2 Å². The van der Waals surface area contributed by atoms with E-state index in [1.165, 1.54) is 17.1 Å². The molecule has 0 aliphatic heterocycles. The SMILES string of the molecule is CCCC(Nc1ncc(N)cc1C(=O)O)c1cccs1. The molecule has 0 amide bonds. The van der Waals surface area contributed by atoms with Crippen molar-refractivity contribution >= 4 is 28.8 Å². The molecule has 0 aliphatic rings. The highest BCUT2D eigenvalue weighted by molar-refractivity contribution is 7.10. The Kier molecular flexibility index (Phi) is 4.57. The molecular weight excluding hydrogens is 274 g/mol. The minimum absolute atomic E-state index is 0.0641. The van der Waals surface area contributed by atoms with Crippen LogP contribution in [-0.2, 0) is 0 Å². The van der Waals surface area contributed by atoms with Gasteiger partial charge in [0, 0.05) is 4.88 Å². The van der Waals surface area contributed by atoms with E-state index in [1.807, 2.05) is 17.5 Å². The Morgan fingerprint density at radius 3 is 3.00 bits per heavy atom. The first kappa shape index (κ1) is 14.3. The number of carbonyl (C=O) groups is 1. The Morgan fingerprint density at radius 1 is 1.60 bits per heavy atom. The number of pyridine rings is 1. The molecule has 106 valence electrons. The minimum atomic E-state index is -1.03. The smallest absolute Gasteiger partial charge is 0.339 e. The molecule has 4 N–H and O–H groups in total. The van der Waals surface area contributed by atoms with Gasteiger partial charge in [0.15, 0.2) is 0 Å². The predicted molar refractivity (Wildman–Crippen MR) is 81.2 cm³/mol. The Morgan fingerprint density at radius 2 is 2.40 bits per heavy atom. The van der Waals surface area contributed by atoms with Crippen LogP contribution in [0.3, 0.4) is 0 Å². The Hall–Kier alpha value is -2.08. The standard InChI is InChI=1S/C14H17N3O2S/c1-2-4-11(12-5-3-6-20-12)17-13-10(14(18)19)7-9(15)8-16-13/h3,5-8,11H,2,4,15H2,1H3,(H,16,17)(H,18,19). The van der Waals surface area contributed by atoms with E-state index in [0.717, 1.165) is 12.8 Å². The van der Waals surface area contributed by atoms with E-state index in [1.54, 1.807) is 11.3 Å². The van der Waals surface area contributed by atoms with Crippen LogP contribution < -0.4 is 11.1 Å². The number of nitrogens with two attached hydrogens (primary N) is 1. The summed E-state index contributed by atoms with van der Waals surface area (Å²) in [7, 11) is 0. The van der Waals surface area contributed by atoms with E-state index in [9.17, 15) is 9.90 Å². The molecule has 6 heteroatoms. The molecule has 0 radical (unpaired) electrons. The largest absolute Gasteiger partial charge is 0.478 e. The average Bonchev–Trinajstić information content (AvgIpc) is 2.93. The lowest BCUT2D eigenvalue weighted by Crippen LogP contribution is -2.14. The molecule has 1 atom stereocenters. The molecule has 2 rings (SSSR count). The summed E-state index contributed by atoms with van der Waals surface area (Å²) in [4.78, 5) is 16.6. The summed E-state index contributed by atoms with van der Waals surface area (Å²) >= 11 is 1.65. The fraction of sp³-hybridized carbons (Fsp3) is 0.286. The van der Waals surface area contributed by atoms with Crippen molar-refractivity contribution in [2.75, 3.05) is 11.1 Å². The van der Waals surface area contributed by atoms with Gasteiger partial charge in [-0.25, -0.2) is 9.78 Å². The van der Waals surface area contributed by atoms with Gasteiger partial charge < -0.3 is 16.2 Å². The number of nitrogens with one attached hydrogen (secondary N) is 1. The van der Waals surface area contributed by atoms with Crippen molar-refractivity contribution in [2.45, 2.75) is 25.8 Å². The van der Waals surface area contributed by atoms with Crippen molar-refractivity contribution in [2.24, 2.45) is 0 Å². The van der Waals surface area contributed by atoms with Gasteiger partial charge in [-0.15, -0.1) is 11.3 Å². The van der Waals surface area contributed by atoms with Crippen LogP contribution in [0.25, 0.3) is 0 Å². The topological polar surface area (TPSA) is 88.2 Å². The van der Waals surface area contributed by atoms with Crippen molar-refractivity contribution in [1.82, 2.24) is 4.98 Å². The lowest BCUT2D eigenvalue weighted by Gasteiger charge is -2.18. The molecule has 0 fully saturated rings. The third-order valence-electron chi connectivity index (χ3n) is 2.91. The first-order valence-corrected chi connectivity index (χ1v) is 7.28. The second-order valence-electron chi connectivity index (χ2n) is 4.47. The Balaban J connectivity index is 2.29. The first-order chi connectivity index (χ1) is 9.61. The Bertz CT molecular complexity index is 584. The molecule has 2 aromatic rings. The van der Waals surface area contributed by atoms with Crippen LogP contribution in [-0.4, -0.2) is 16.1 Å². The quantitative estimate of drug-likeness (QED) is 0.759.